The summed E-state index contributed by atoms with van der Waals surface area (Å²) in [6, 6.07) is 1.26. The summed E-state index contributed by atoms with van der Waals surface area (Å²) in [7, 11) is 1.44. The van der Waals surface area contributed by atoms with Crippen molar-refractivity contribution in [2.24, 2.45) is 0 Å². The van der Waals surface area contributed by atoms with Crippen LogP contribution >= 0.6 is 10.7 Å². The first-order valence-electron chi connectivity index (χ1n) is 5.22. The Hall–Kier alpha value is -1.01. The van der Waals surface area contributed by atoms with E-state index in [9.17, 15) is 13.2 Å². The van der Waals surface area contributed by atoms with Gasteiger partial charge in [0.2, 0.25) is 0 Å². The van der Waals surface area contributed by atoms with Gasteiger partial charge in [-0.25, -0.2) is 8.42 Å². The molecule has 0 saturated heterocycles. The first-order valence-corrected chi connectivity index (χ1v) is 7.53. The highest BCUT2D eigenvalue weighted by atomic mass is 35.7. The van der Waals surface area contributed by atoms with E-state index < -0.39 is 9.05 Å². The number of aromatic nitrogens is 1. The maximum absolute atomic E-state index is 11.7. The van der Waals surface area contributed by atoms with Crippen molar-refractivity contribution >= 4 is 25.6 Å². The van der Waals surface area contributed by atoms with Gasteiger partial charge in [-0.15, -0.1) is 0 Å². The lowest BCUT2D eigenvalue weighted by atomic mass is 10.3. The number of carbonyl (C=O) groups is 1. The Bertz CT molecular complexity index is 520. The molecule has 0 unspecified atom stereocenters. The SMILES string of the molecule is CCNC(=O)c1cc(S(=O)(=O)Cl)cn1C(C)C. The molecule has 0 fully saturated rings. The number of amides is 1. The second-order valence-corrected chi connectivity index (χ2v) is 6.43. The van der Waals surface area contributed by atoms with Crippen LogP contribution in [0.5, 0.6) is 0 Å². The number of carbonyl (C=O) groups excluding carboxylic acids is 1. The molecule has 1 heterocycles. The summed E-state index contributed by atoms with van der Waals surface area (Å²) in [6.07, 6.45) is 1.37. The van der Waals surface area contributed by atoms with Crippen LogP contribution in [0.4, 0.5) is 0 Å². The summed E-state index contributed by atoms with van der Waals surface area (Å²) < 4.78 is 24.0. The summed E-state index contributed by atoms with van der Waals surface area (Å²) in [5.41, 5.74) is 0.293. The van der Waals surface area contributed by atoms with Crippen LogP contribution in [-0.2, 0) is 9.05 Å². The van der Waals surface area contributed by atoms with E-state index in [2.05, 4.69) is 5.32 Å². The first kappa shape index (κ1) is 14.1. The monoisotopic (exact) mass is 278 g/mol. The summed E-state index contributed by atoms with van der Waals surface area (Å²) in [5, 5.41) is 2.62. The smallest absolute Gasteiger partial charge is 0.267 e. The molecule has 0 aliphatic heterocycles. The molecule has 0 spiro atoms. The number of nitrogens with one attached hydrogen (secondary N) is 1. The molecule has 0 aromatic carbocycles. The van der Waals surface area contributed by atoms with Gasteiger partial charge < -0.3 is 9.88 Å². The highest BCUT2D eigenvalue weighted by Crippen LogP contribution is 2.21. The van der Waals surface area contributed by atoms with Gasteiger partial charge in [0, 0.05) is 29.5 Å². The number of hydrogen-bond donors (Lipinski definition) is 1. The van der Waals surface area contributed by atoms with Crippen molar-refractivity contribution in [1.82, 2.24) is 9.88 Å². The van der Waals surface area contributed by atoms with Gasteiger partial charge in [0.25, 0.3) is 15.0 Å². The van der Waals surface area contributed by atoms with Crippen LogP contribution in [0.2, 0.25) is 0 Å². The Morgan fingerprint density at radius 1 is 1.53 bits per heavy atom. The van der Waals surface area contributed by atoms with Crippen molar-refractivity contribution < 1.29 is 13.2 Å². The van der Waals surface area contributed by atoms with Crippen molar-refractivity contribution in [3.05, 3.63) is 18.0 Å². The molecule has 1 aromatic rings. The summed E-state index contributed by atoms with van der Waals surface area (Å²) in [4.78, 5) is 11.7. The fourth-order valence-electron chi connectivity index (χ4n) is 1.45. The highest BCUT2D eigenvalue weighted by Gasteiger charge is 2.20. The van der Waals surface area contributed by atoms with E-state index in [-0.39, 0.29) is 16.8 Å². The summed E-state index contributed by atoms with van der Waals surface area (Å²) in [5.74, 6) is -0.312. The molecule has 1 aromatic heterocycles. The molecular weight excluding hydrogens is 264 g/mol. The third-order valence-electron chi connectivity index (χ3n) is 2.23. The molecule has 7 heteroatoms. The van der Waals surface area contributed by atoms with Gasteiger partial charge in [-0.2, -0.15) is 0 Å². The number of hydrogen-bond acceptors (Lipinski definition) is 3. The minimum atomic E-state index is -3.82. The van der Waals surface area contributed by atoms with Crippen LogP contribution in [-0.4, -0.2) is 25.4 Å². The predicted molar refractivity (Wildman–Crippen MR) is 65.9 cm³/mol. The highest BCUT2D eigenvalue weighted by molar-refractivity contribution is 8.13. The van der Waals surface area contributed by atoms with Gasteiger partial charge in [-0.1, -0.05) is 0 Å². The van der Waals surface area contributed by atoms with E-state index in [1.165, 1.54) is 12.3 Å². The van der Waals surface area contributed by atoms with Gasteiger partial charge in [-0.05, 0) is 26.8 Å². The molecule has 1 rings (SSSR count). The minimum Gasteiger partial charge on any atom is -0.351 e. The minimum absolute atomic E-state index is 0.0280. The average molecular weight is 279 g/mol. The summed E-state index contributed by atoms with van der Waals surface area (Å²) in [6.45, 7) is 5.98. The van der Waals surface area contributed by atoms with Crippen molar-refractivity contribution in [3.8, 4) is 0 Å². The van der Waals surface area contributed by atoms with Gasteiger partial charge in [0.05, 0.1) is 0 Å². The lowest BCUT2D eigenvalue weighted by Crippen LogP contribution is -2.25. The van der Waals surface area contributed by atoms with Crippen molar-refractivity contribution in [2.75, 3.05) is 6.54 Å². The van der Waals surface area contributed by atoms with Gasteiger partial charge >= 0.3 is 0 Å². The Morgan fingerprint density at radius 3 is 2.53 bits per heavy atom. The second-order valence-electron chi connectivity index (χ2n) is 3.86. The molecular formula is C10H15ClN2O3S. The number of rotatable bonds is 4. The van der Waals surface area contributed by atoms with Crippen LogP contribution in [0.1, 0.15) is 37.3 Å². The molecule has 17 heavy (non-hydrogen) atoms. The molecule has 0 bridgehead atoms. The molecule has 0 aliphatic rings. The zero-order valence-electron chi connectivity index (χ0n) is 9.90. The molecule has 0 radical (unpaired) electrons. The number of nitrogens with zero attached hydrogens (tertiary/aromatic N) is 1. The molecule has 96 valence electrons. The second kappa shape index (κ2) is 5.10. The van der Waals surface area contributed by atoms with Crippen molar-refractivity contribution in [1.29, 1.82) is 0 Å². The quantitative estimate of drug-likeness (QED) is 0.853. The molecule has 0 atom stereocenters. The van der Waals surface area contributed by atoms with Gasteiger partial charge in [0.15, 0.2) is 0 Å². The van der Waals surface area contributed by atoms with Crippen molar-refractivity contribution in [3.63, 3.8) is 0 Å². The predicted octanol–water partition coefficient (Wildman–Crippen LogP) is 1.75. The van der Waals surface area contributed by atoms with E-state index >= 15 is 0 Å². The van der Waals surface area contributed by atoms with E-state index in [4.69, 9.17) is 10.7 Å². The summed E-state index contributed by atoms with van der Waals surface area (Å²) >= 11 is 0. The lowest BCUT2D eigenvalue weighted by Gasteiger charge is -2.11. The fraction of sp³-hybridized carbons (Fsp3) is 0.500. The normalized spacial score (nSPS) is 11.8. The van der Waals surface area contributed by atoms with E-state index in [1.807, 2.05) is 13.8 Å². The van der Waals surface area contributed by atoms with Crippen LogP contribution in [0.15, 0.2) is 17.2 Å². The van der Waals surface area contributed by atoms with Crippen molar-refractivity contribution in [2.45, 2.75) is 31.7 Å². The Kier molecular flexibility index (Phi) is 4.21. The first-order chi connectivity index (χ1) is 7.77. The molecule has 0 aliphatic carbocycles. The van der Waals surface area contributed by atoms with Crippen LogP contribution in [0, 0.1) is 0 Å². The zero-order chi connectivity index (χ0) is 13.2. The maximum Gasteiger partial charge on any atom is 0.267 e. The van der Waals surface area contributed by atoms with E-state index in [1.54, 1.807) is 11.5 Å². The average Bonchev–Trinajstić information content (AvgIpc) is 2.61. The van der Waals surface area contributed by atoms with Crippen LogP contribution in [0.25, 0.3) is 0 Å². The number of halogens is 1. The largest absolute Gasteiger partial charge is 0.351 e. The molecule has 5 nitrogen and oxygen atoms in total. The van der Waals surface area contributed by atoms with Crippen LogP contribution in [0.3, 0.4) is 0 Å². The molecule has 1 amide bonds. The maximum atomic E-state index is 11.7. The topological polar surface area (TPSA) is 68.2 Å². The lowest BCUT2D eigenvalue weighted by molar-refractivity contribution is 0.0945. The Balaban J connectivity index is 3.29. The van der Waals surface area contributed by atoms with Gasteiger partial charge in [0.1, 0.15) is 10.6 Å². The third kappa shape index (κ3) is 3.23. The Morgan fingerprint density at radius 2 is 2.12 bits per heavy atom. The third-order valence-corrected chi connectivity index (χ3v) is 3.55. The molecule has 1 N–H and O–H groups in total. The van der Waals surface area contributed by atoms with E-state index in [0.29, 0.717) is 12.2 Å². The fourth-order valence-corrected chi connectivity index (χ4v) is 2.19. The molecule has 0 saturated carbocycles. The standard InChI is InChI=1S/C10H15ClN2O3S/c1-4-12-10(14)9-5-8(17(11,15)16)6-13(9)7(2)3/h5-7H,4H2,1-3H3,(H,12,14). The van der Waals surface area contributed by atoms with Gasteiger partial charge in [-0.3, -0.25) is 4.79 Å². The van der Waals surface area contributed by atoms with E-state index in [0.717, 1.165) is 0 Å². The zero-order valence-corrected chi connectivity index (χ0v) is 11.5. The Labute approximate surface area is 105 Å². The van der Waals surface area contributed by atoms with Crippen LogP contribution < -0.4 is 5.32 Å².